The lowest BCUT2D eigenvalue weighted by Gasteiger charge is -2.12. The van der Waals surface area contributed by atoms with E-state index in [1.54, 1.807) is 16.9 Å². The maximum absolute atomic E-state index is 11.8. The fourth-order valence-electron chi connectivity index (χ4n) is 1.80. The van der Waals surface area contributed by atoms with Crippen LogP contribution in [0.25, 0.3) is 0 Å². The molecule has 1 amide bonds. The van der Waals surface area contributed by atoms with E-state index in [1.807, 2.05) is 30.3 Å². The van der Waals surface area contributed by atoms with E-state index in [1.165, 1.54) is 7.11 Å². The molecule has 3 N–H and O–H groups in total. The number of hydrogen-bond acceptors (Lipinski definition) is 4. The Morgan fingerprint density at radius 2 is 2.15 bits per heavy atom. The molecule has 106 valence electrons. The van der Waals surface area contributed by atoms with Gasteiger partial charge in [-0.2, -0.15) is 5.10 Å². The molecule has 2 rings (SSSR count). The first-order valence-electron chi connectivity index (χ1n) is 6.32. The average molecular weight is 274 g/mol. The van der Waals surface area contributed by atoms with Crippen molar-refractivity contribution in [1.82, 2.24) is 9.78 Å². The van der Waals surface area contributed by atoms with Gasteiger partial charge in [0.05, 0.1) is 19.3 Å². The minimum Gasteiger partial charge on any atom is -0.383 e. The number of nitrogens with zero attached hydrogens (tertiary/aromatic N) is 2. The van der Waals surface area contributed by atoms with Gasteiger partial charge in [0.2, 0.25) is 5.91 Å². The maximum atomic E-state index is 11.8. The van der Waals surface area contributed by atoms with Crippen molar-refractivity contribution in [3.05, 3.63) is 48.2 Å². The van der Waals surface area contributed by atoms with Crippen molar-refractivity contribution >= 4 is 11.7 Å². The lowest BCUT2D eigenvalue weighted by molar-refractivity contribution is -0.118. The van der Waals surface area contributed by atoms with Crippen LogP contribution in [0.15, 0.2) is 42.6 Å². The smallest absolute Gasteiger partial charge is 0.244 e. The van der Waals surface area contributed by atoms with Crippen LogP contribution >= 0.6 is 0 Å². The zero-order chi connectivity index (χ0) is 14.4. The number of ether oxygens (including phenoxy) is 1. The van der Waals surface area contributed by atoms with Gasteiger partial charge in [0.15, 0.2) is 0 Å². The molecule has 0 fully saturated rings. The summed E-state index contributed by atoms with van der Waals surface area (Å²) in [6, 6.07) is 10.9. The number of methoxy groups -OCH3 is 1. The van der Waals surface area contributed by atoms with Crippen molar-refractivity contribution in [1.29, 1.82) is 0 Å². The van der Waals surface area contributed by atoms with Crippen LogP contribution in [0.1, 0.15) is 5.56 Å². The second-order valence-electron chi connectivity index (χ2n) is 4.41. The van der Waals surface area contributed by atoms with E-state index in [2.05, 4.69) is 10.4 Å². The van der Waals surface area contributed by atoms with Gasteiger partial charge in [-0.3, -0.25) is 4.79 Å². The van der Waals surface area contributed by atoms with Gasteiger partial charge in [-0.1, -0.05) is 30.3 Å². The van der Waals surface area contributed by atoms with Crippen LogP contribution in [0.4, 0.5) is 5.82 Å². The molecule has 1 heterocycles. The summed E-state index contributed by atoms with van der Waals surface area (Å²) in [5.41, 5.74) is 6.78. The van der Waals surface area contributed by atoms with Crippen molar-refractivity contribution in [2.75, 3.05) is 19.0 Å². The van der Waals surface area contributed by atoms with Crippen LogP contribution < -0.4 is 11.1 Å². The lowest BCUT2D eigenvalue weighted by Crippen LogP contribution is -2.39. The third kappa shape index (κ3) is 3.66. The Labute approximate surface area is 117 Å². The predicted octanol–water partition coefficient (Wildman–Crippen LogP) is 0.844. The molecule has 0 saturated carbocycles. The number of anilines is 1. The van der Waals surface area contributed by atoms with E-state index in [9.17, 15) is 4.79 Å². The molecule has 0 aliphatic carbocycles. The highest BCUT2D eigenvalue weighted by atomic mass is 16.5. The number of aromatic nitrogens is 2. The highest BCUT2D eigenvalue weighted by Crippen LogP contribution is 2.10. The van der Waals surface area contributed by atoms with Crippen LogP contribution in [0.3, 0.4) is 0 Å². The number of benzene rings is 1. The Morgan fingerprint density at radius 3 is 2.85 bits per heavy atom. The summed E-state index contributed by atoms with van der Waals surface area (Å²) in [6.45, 7) is 0.766. The number of rotatable bonds is 6. The van der Waals surface area contributed by atoms with E-state index in [-0.39, 0.29) is 12.5 Å². The number of carbonyl (C=O) groups excluding carboxylic acids is 1. The van der Waals surface area contributed by atoms with E-state index in [0.717, 1.165) is 5.56 Å². The zero-order valence-corrected chi connectivity index (χ0v) is 11.3. The predicted molar refractivity (Wildman–Crippen MR) is 76.3 cm³/mol. The third-order valence-corrected chi connectivity index (χ3v) is 2.83. The second kappa shape index (κ2) is 6.83. The van der Waals surface area contributed by atoms with Crippen molar-refractivity contribution in [2.45, 2.75) is 12.6 Å². The number of amides is 1. The van der Waals surface area contributed by atoms with Gasteiger partial charge in [-0.25, -0.2) is 4.68 Å². The highest BCUT2D eigenvalue weighted by Gasteiger charge is 2.15. The van der Waals surface area contributed by atoms with Crippen LogP contribution in [-0.4, -0.2) is 35.4 Å². The van der Waals surface area contributed by atoms with Crippen molar-refractivity contribution in [2.24, 2.45) is 5.73 Å². The van der Waals surface area contributed by atoms with Gasteiger partial charge in [0.1, 0.15) is 11.9 Å². The van der Waals surface area contributed by atoms with E-state index >= 15 is 0 Å². The largest absolute Gasteiger partial charge is 0.383 e. The molecule has 6 nitrogen and oxygen atoms in total. The fraction of sp³-hybridized carbons (Fsp3) is 0.286. The second-order valence-corrected chi connectivity index (χ2v) is 4.41. The van der Waals surface area contributed by atoms with E-state index in [4.69, 9.17) is 10.5 Å². The normalized spacial score (nSPS) is 12.1. The van der Waals surface area contributed by atoms with Crippen molar-refractivity contribution in [3.63, 3.8) is 0 Å². The molecule has 0 aliphatic heterocycles. The van der Waals surface area contributed by atoms with E-state index in [0.29, 0.717) is 12.4 Å². The van der Waals surface area contributed by atoms with Crippen LogP contribution in [-0.2, 0) is 16.1 Å². The molecule has 2 aromatic rings. The van der Waals surface area contributed by atoms with Crippen LogP contribution in [0.2, 0.25) is 0 Å². The standard InChI is InChI=1S/C14H18N4O2/c1-20-10-12(15)14(19)17-13-7-8-16-18(13)9-11-5-3-2-4-6-11/h2-8,12H,9-10,15H2,1H3,(H,17,19). The summed E-state index contributed by atoms with van der Waals surface area (Å²) < 4.78 is 6.58. The summed E-state index contributed by atoms with van der Waals surface area (Å²) in [7, 11) is 1.51. The third-order valence-electron chi connectivity index (χ3n) is 2.83. The SMILES string of the molecule is COCC(N)C(=O)Nc1ccnn1Cc1ccccc1. The zero-order valence-electron chi connectivity index (χ0n) is 11.3. The molecule has 20 heavy (non-hydrogen) atoms. The van der Waals surface area contributed by atoms with Crippen LogP contribution in [0.5, 0.6) is 0 Å². The Hall–Kier alpha value is -2.18. The van der Waals surface area contributed by atoms with Gasteiger partial charge in [0, 0.05) is 13.2 Å². The van der Waals surface area contributed by atoms with Gasteiger partial charge < -0.3 is 15.8 Å². The molecule has 1 atom stereocenters. The fourth-order valence-corrected chi connectivity index (χ4v) is 1.80. The number of nitrogens with two attached hydrogens (primary N) is 1. The van der Waals surface area contributed by atoms with Gasteiger partial charge >= 0.3 is 0 Å². The summed E-state index contributed by atoms with van der Waals surface area (Å²) in [6.07, 6.45) is 1.64. The molecule has 6 heteroatoms. The number of hydrogen-bond donors (Lipinski definition) is 2. The Bertz CT molecular complexity index is 553. The van der Waals surface area contributed by atoms with Crippen LogP contribution in [0, 0.1) is 0 Å². The average Bonchev–Trinajstić information content (AvgIpc) is 2.87. The Balaban J connectivity index is 2.03. The molecule has 1 aromatic carbocycles. The Kier molecular flexibility index (Phi) is 4.86. The molecule has 0 aliphatic rings. The van der Waals surface area contributed by atoms with Gasteiger partial charge in [-0.05, 0) is 5.56 Å². The minimum atomic E-state index is -0.694. The molecular formula is C14H18N4O2. The summed E-state index contributed by atoms with van der Waals surface area (Å²) in [5.74, 6) is 0.326. The quantitative estimate of drug-likeness (QED) is 0.818. The highest BCUT2D eigenvalue weighted by molar-refractivity contribution is 5.94. The molecular weight excluding hydrogens is 256 g/mol. The molecule has 0 saturated heterocycles. The molecule has 0 radical (unpaired) electrons. The van der Waals surface area contributed by atoms with Crippen molar-refractivity contribution < 1.29 is 9.53 Å². The topological polar surface area (TPSA) is 82.2 Å². The van der Waals surface area contributed by atoms with Gasteiger partial charge in [-0.15, -0.1) is 0 Å². The Morgan fingerprint density at radius 1 is 1.40 bits per heavy atom. The number of nitrogens with one attached hydrogen (secondary N) is 1. The monoisotopic (exact) mass is 274 g/mol. The first-order chi connectivity index (χ1) is 9.70. The lowest BCUT2D eigenvalue weighted by atomic mass is 10.2. The van der Waals surface area contributed by atoms with E-state index < -0.39 is 6.04 Å². The molecule has 1 unspecified atom stereocenters. The molecule has 0 bridgehead atoms. The first kappa shape index (κ1) is 14.2. The van der Waals surface area contributed by atoms with Crippen molar-refractivity contribution in [3.8, 4) is 0 Å². The summed E-state index contributed by atoms with van der Waals surface area (Å²) >= 11 is 0. The number of carbonyl (C=O) groups is 1. The first-order valence-corrected chi connectivity index (χ1v) is 6.32. The molecule has 0 spiro atoms. The van der Waals surface area contributed by atoms with Gasteiger partial charge in [0.25, 0.3) is 0 Å². The maximum Gasteiger partial charge on any atom is 0.244 e. The molecule has 1 aromatic heterocycles. The minimum absolute atomic E-state index is 0.179. The summed E-state index contributed by atoms with van der Waals surface area (Å²) in [4.78, 5) is 11.8. The summed E-state index contributed by atoms with van der Waals surface area (Å²) in [5, 5.41) is 6.95.